The smallest absolute Gasteiger partial charge is 0.228 e. The number of nitrogens with one attached hydrogen (secondary N) is 1. The van der Waals surface area contributed by atoms with Crippen molar-refractivity contribution in [2.24, 2.45) is 0 Å². The Kier molecular flexibility index (Phi) is 2.06. The zero-order valence-corrected chi connectivity index (χ0v) is 8.99. The molecule has 82 valence electrons. The van der Waals surface area contributed by atoms with E-state index >= 15 is 0 Å². The standard InChI is InChI=1S/C12H12N2O2/c1-15-9-4-2-3-8(7-9)11-10-5-6-13-12(10)16-14-11/h2-4,7,13H,5-6H2,1H3. The lowest BCUT2D eigenvalue weighted by Gasteiger charge is -2.02. The average Bonchev–Trinajstić information content (AvgIpc) is 2.90. The van der Waals surface area contributed by atoms with Crippen LogP contribution in [-0.2, 0) is 6.42 Å². The third-order valence-electron chi connectivity index (χ3n) is 2.79. The van der Waals surface area contributed by atoms with Crippen LogP contribution in [0, 0.1) is 0 Å². The van der Waals surface area contributed by atoms with Crippen LogP contribution < -0.4 is 10.1 Å². The topological polar surface area (TPSA) is 47.3 Å². The average molecular weight is 216 g/mol. The molecule has 4 heteroatoms. The van der Waals surface area contributed by atoms with Gasteiger partial charge in [-0.2, -0.15) is 0 Å². The van der Waals surface area contributed by atoms with E-state index in [9.17, 15) is 0 Å². The third-order valence-corrected chi connectivity index (χ3v) is 2.79. The maximum absolute atomic E-state index is 5.23. The first kappa shape index (κ1) is 9.27. The lowest BCUT2D eigenvalue weighted by Crippen LogP contribution is -1.92. The van der Waals surface area contributed by atoms with Gasteiger partial charge in [0.2, 0.25) is 5.88 Å². The molecule has 2 aromatic rings. The van der Waals surface area contributed by atoms with Crippen LogP contribution in [0.4, 0.5) is 5.88 Å². The highest BCUT2D eigenvalue weighted by Gasteiger charge is 2.21. The van der Waals surface area contributed by atoms with E-state index in [0.29, 0.717) is 0 Å². The summed E-state index contributed by atoms with van der Waals surface area (Å²) in [6.07, 6.45) is 0.964. The number of rotatable bonds is 2. The molecule has 0 spiro atoms. The number of aromatic nitrogens is 1. The zero-order valence-electron chi connectivity index (χ0n) is 8.99. The summed E-state index contributed by atoms with van der Waals surface area (Å²) in [5, 5.41) is 7.25. The number of anilines is 1. The molecular weight excluding hydrogens is 204 g/mol. The Hall–Kier alpha value is -1.97. The molecule has 0 saturated heterocycles. The molecule has 0 unspecified atom stereocenters. The predicted octanol–water partition coefficient (Wildman–Crippen LogP) is 2.32. The summed E-state index contributed by atoms with van der Waals surface area (Å²) in [6, 6.07) is 7.86. The van der Waals surface area contributed by atoms with Crippen LogP contribution >= 0.6 is 0 Å². The van der Waals surface area contributed by atoms with Gasteiger partial charge in [0.15, 0.2) is 0 Å². The lowest BCUT2D eigenvalue weighted by atomic mass is 10.1. The van der Waals surface area contributed by atoms with Gasteiger partial charge in [-0.05, 0) is 18.6 Å². The molecule has 0 amide bonds. The van der Waals surface area contributed by atoms with Gasteiger partial charge in [0.1, 0.15) is 11.4 Å². The number of benzene rings is 1. The van der Waals surface area contributed by atoms with E-state index in [0.717, 1.165) is 41.4 Å². The number of hydrogen-bond donors (Lipinski definition) is 1. The maximum Gasteiger partial charge on any atom is 0.228 e. The molecule has 1 aromatic heterocycles. The Labute approximate surface area is 93.2 Å². The molecule has 1 aliphatic rings. The van der Waals surface area contributed by atoms with Crippen LogP contribution in [0.2, 0.25) is 0 Å². The normalized spacial score (nSPS) is 13.3. The molecule has 4 nitrogen and oxygen atoms in total. The summed E-state index contributed by atoms with van der Waals surface area (Å²) in [5.74, 6) is 1.64. The Morgan fingerprint density at radius 3 is 3.25 bits per heavy atom. The fourth-order valence-corrected chi connectivity index (χ4v) is 1.98. The van der Waals surface area contributed by atoms with Crippen LogP contribution in [0.3, 0.4) is 0 Å². The monoisotopic (exact) mass is 216 g/mol. The van der Waals surface area contributed by atoms with E-state index in [-0.39, 0.29) is 0 Å². The summed E-state index contributed by atoms with van der Waals surface area (Å²) in [5.41, 5.74) is 3.11. The molecule has 0 bridgehead atoms. The zero-order chi connectivity index (χ0) is 11.0. The van der Waals surface area contributed by atoms with Crippen molar-refractivity contribution in [2.75, 3.05) is 19.0 Å². The molecule has 2 heterocycles. The maximum atomic E-state index is 5.23. The second kappa shape index (κ2) is 3.56. The molecule has 1 aromatic carbocycles. The van der Waals surface area contributed by atoms with Crippen molar-refractivity contribution in [3.63, 3.8) is 0 Å². The summed E-state index contributed by atoms with van der Waals surface area (Å²) < 4.78 is 10.4. The summed E-state index contributed by atoms with van der Waals surface area (Å²) in [7, 11) is 1.66. The van der Waals surface area contributed by atoms with Crippen LogP contribution in [0.1, 0.15) is 5.56 Å². The minimum atomic E-state index is 0.804. The number of methoxy groups -OCH3 is 1. The summed E-state index contributed by atoms with van der Waals surface area (Å²) in [4.78, 5) is 0. The van der Waals surface area contributed by atoms with Crippen molar-refractivity contribution in [3.05, 3.63) is 29.8 Å². The van der Waals surface area contributed by atoms with Crippen molar-refractivity contribution in [2.45, 2.75) is 6.42 Å². The van der Waals surface area contributed by atoms with Gasteiger partial charge in [-0.15, -0.1) is 0 Å². The van der Waals surface area contributed by atoms with E-state index in [1.54, 1.807) is 7.11 Å². The van der Waals surface area contributed by atoms with Crippen molar-refractivity contribution in [1.29, 1.82) is 0 Å². The molecule has 1 N–H and O–H groups in total. The number of hydrogen-bond acceptors (Lipinski definition) is 4. The largest absolute Gasteiger partial charge is 0.497 e. The van der Waals surface area contributed by atoms with Crippen molar-refractivity contribution in [3.8, 4) is 17.0 Å². The SMILES string of the molecule is COc1cccc(-c2noc3c2CCN3)c1. The van der Waals surface area contributed by atoms with Gasteiger partial charge in [0.05, 0.1) is 7.11 Å². The summed E-state index contributed by atoms with van der Waals surface area (Å²) >= 11 is 0. The molecule has 0 aliphatic carbocycles. The second-order valence-corrected chi connectivity index (χ2v) is 3.75. The van der Waals surface area contributed by atoms with Gasteiger partial charge in [-0.3, -0.25) is 0 Å². The minimum Gasteiger partial charge on any atom is -0.497 e. The highest BCUT2D eigenvalue weighted by Crippen LogP contribution is 2.33. The van der Waals surface area contributed by atoms with E-state index in [1.165, 1.54) is 0 Å². The number of fused-ring (bicyclic) bond motifs is 1. The summed E-state index contributed by atoms with van der Waals surface area (Å²) in [6.45, 7) is 0.924. The third kappa shape index (κ3) is 1.34. The van der Waals surface area contributed by atoms with Crippen molar-refractivity contribution in [1.82, 2.24) is 5.16 Å². The van der Waals surface area contributed by atoms with Gasteiger partial charge < -0.3 is 14.6 Å². The first-order valence-electron chi connectivity index (χ1n) is 5.25. The Morgan fingerprint density at radius 1 is 1.44 bits per heavy atom. The Balaban J connectivity index is 2.08. The van der Waals surface area contributed by atoms with Crippen molar-refractivity contribution < 1.29 is 9.26 Å². The molecule has 0 atom stereocenters. The van der Waals surface area contributed by atoms with E-state index < -0.39 is 0 Å². The van der Waals surface area contributed by atoms with Gasteiger partial charge in [0.25, 0.3) is 0 Å². The molecule has 3 rings (SSSR count). The molecule has 0 saturated carbocycles. The van der Waals surface area contributed by atoms with Crippen molar-refractivity contribution >= 4 is 5.88 Å². The highest BCUT2D eigenvalue weighted by molar-refractivity contribution is 5.70. The van der Waals surface area contributed by atoms with E-state index in [1.807, 2.05) is 24.3 Å². The molecule has 1 aliphatic heterocycles. The number of ether oxygens (including phenoxy) is 1. The molecule has 0 fully saturated rings. The lowest BCUT2D eigenvalue weighted by molar-refractivity contribution is 0.414. The quantitative estimate of drug-likeness (QED) is 0.836. The van der Waals surface area contributed by atoms with Gasteiger partial charge in [-0.1, -0.05) is 17.3 Å². The fraction of sp³-hybridized carbons (Fsp3) is 0.250. The fourth-order valence-electron chi connectivity index (χ4n) is 1.98. The van der Waals surface area contributed by atoms with Gasteiger partial charge in [-0.25, -0.2) is 0 Å². The van der Waals surface area contributed by atoms with Crippen LogP contribution in [-0.4, -0.2) is 18.8 Å². The van der Waals surface area contributed by atoms with Crippen LogP contribution in [0.15, 0.2) is 28.8 Å². The van der Waals surface area contributed by atoms with Crippen LogP contribution in [0.5, 0.6) is 5.75 Å². The molecule has 16 heavy (non-hydrogen) atoms. The van der Waals surface area contributed by atoms with Gasteiger partial charge in [0, 0.05) is 17.7 Å². The first-order valence-corrected chi connectivity index (χ1v) is 5.25. The molecular formula is C12H12N2O2. The predicted molar refractivity (Wildman–Crippen MR) is 60.7 cm³/mol. The first-order chi connectivity index (χ1) is 7.88. The second-order valence-electron chi connectivity index (χ2n) is 3.75. The highest BCUT2D eigenvalue weighted by atomic mass is 16.5. The molecule has 0 radical (unpaired) electrons. The van der Waals surface area contributed by atoms with Crippen LogP contribution in [0.25, 0.3) is 11.3 Å². The van der Waals surface area contributed by atoms with E-state index in [2.05, 4.69) is 10.5 Å². The van der Waals surface area contributed by atoms with Gasteiger partial charge >= 0.3 is 0 Å². The Morgan fingerprint density at radius 2 is 2.38 bits per heavy atom. The minimum absolute atomic E-state index is 0.804. The Bertz CT molecular complexity index is 519. The number of nitrogens with zero attached hydrogens (tertiary/aromatic N) is 1. The van der Waals surface area contributed by atoms with E-state index in [4.69, 9.17) is 9.26 Å².